The van der Waals surface area contributed by atoms with Crippen molar-refractivity contribution in [1.82, 2.24) is 5.32 Å². The fourth-order valence-corrected chi connectivity index (χ4v) is 2.36. The largest absolute Gasteiger partial charge is 0.368 e. The molecule has 0 fully saturated rings. The highest BCUT2D eigenvalue weighted by Crippen LogP contribution is 2.14. The Kier molecular flexibility index (Phi) is 6.21. The van der Waals surface area contributed by atoms with Gasteiger partial charge in [-0.1, -0.05) is 12.1 Å². The van der Waals surface area contributed by atoms with Crippen LogP contribution in [0.3, 0.4) is 0 Å². The third-order valence-electron chi connectivity index (χ3n) is 3.70. The minimum atomic E-state index is -0.978. The Morgan fingerprint density at radius 1 is 1.07 bits per heavy atom. The number of primary amides is 1. The molecule has 4 N–H and O–H groups in total. The van der Waals surface area contributed by atoms with Crippen LogP contribution in [0.2, 0.25) is 0 Å². The number of nitrogens with one attached hydrogen (secondary N) is 2. The molecule has 0 radical (unpaired) electrons. The second kappa shape index (κ2) is 8.56. The van der Waals surface area contributed by atoms with Crippen LogP contribution in [0.4, 0.5) is 11.4 Å². The fourth-order valence-electron chi connectivity index (χ4n) is 2.36. The Morgan fingerprint density at radius 2 is 1.67 bits per heavy atom. The van der Waals surface area contributed by atoms with Crippen LogP contribution in [0.25, 0.3) is 0 Å². The molecular weight excluding hydrogens is 352 g/mol. The number of carbonyl (C=O) groups is 3. The van der Waals surface area contributed by atoms with E-state index in [1.54, 1.807) is 12.1 Å². The van der Waals surface area contributed by atoms with E-state index in [1.807, 2.05) is 0 Å². The van der Waals surface area contributed by atoms with Crippen molar-refractivity contribution in [1.29, 1.82) is 0 Å². The second-order valence-electron chi connectivity index (χ2n) is 5.81. The highest BCUT2D eigenvalue weighted by Gasteiger charge is 2.20. The molecule has 0 spiro atoms. The molecule has 0 unspecified atom stereocenters. The molecule has 0 aliphatic heterocycles. The summed E-state index contributed by atoms with van der Waals surface area (Å²) in [4.78, 5) is 45.2. The zero-order chi connectivity index (χ0) is 20.0. The summed E-state index contributed by atoms with van der Waals surface area (Å²) < 4.78 is 0. The number of nitro benzene ring substituents is 1. The van der Waals surface area contributed by atoms with E-state index in [0.29, 0.717) is 16.8 Å². The standard InChI is InChI=1S/C18H18N4O5/c1-11(23)20-14-6-4-13(5-7-14)18(25)21-16(17(19)24)10-12-2-8-15(9-3-12)22(26)27/h2-9,16H,10H2,1H3,(H2,19,24)(H,20,23)(H,21,25)/t16-/m1/s1. The summed E-state index contributed by atoms with van der Waals surface area (Å²) in [7, 11) is 0. The minimum absolute atomic E-state index is 0.0716. The van der Waals surface area contributed by atoms with Crippen LogP contribution in [0.15, 0.2) is 48.5 Å². The number of nitrogens with two attached hydrogens (primary N) is 1. The molecule has 2 aromatic carbocycles. The summed E-state index contributed by atoms with van der Waals surface area (Å²) in [5.41, 5.74) is 6.73. The summed E-state index contributed by atoms with van der Waals surface area (Å²) in [6.45, 7) is 1.37. The Bertz CT molecular complexity index is 862. The second-order valence-corrected chi connectivity index (χ2v) is 5.81. The Balaban J connectivity index is 2.06. The normalized spacial score (nSPS) is 11.3. The van der Waals surface area contributed by atoms with E-state index >= 15 is 0 Å². The zero-order valence-electron chi connectivity index (χ0n) is 14.5. The quantitative estimate of drug-likeness (QED) is 0.498. The van der Waals surface area contributed by atoms with Crippen molar-refractivity contribution in [2.75, 3.05) is 5.32 Å². The molecule has 0 bridgehead atoms. The summed E-state index contributed by atoms with van der Waals surface area (Å²) in [5, 5.41) is 15.8. The Morgan fingerprint density at radius 3 is 2.15 bits per heavy atom. The molecule has 27 heavy (non-hydrogen) atoms. The molecule has 3 amide bonds. The number of benzene rings is 2. The zero-order valence-corrected chi connectivity index (χ0v) is 14.5. The average Bonchev–Trinajstić information content (AvgIpc) is 2.61. The van der Waals surface area contributed by atoms with Gasteiger partial charge in [-0.05, 0) is 29.8 Å². The lowest BCUT2D eigenvalue weighted by atomic mass is 10.0. The van der Waals surface area contributed by atoms with E-state index < -0.39 is 22.8 Å². The number of anilines is 1. The number of hydrogen-bond donors (Lipinski definition) is 3. The van der Waals surface area contributed by atoms with Crippen molar-refractivity contribution >= 4 is 29.1 Å². The molecule has 0 aliphatic rings. The van der Waals surface area contributed by atoms with Gasteiger partial charge in [0.15, 0.2) is 0 Å². The molecule has 2 aromatic rings. The smallest absolute Gasteiger partial charge is 0.269 e. The third kappa shape index (κ3) is 5.63. The fraction of sp³-hybridized carbons (Fsp3) is 0.167. The van der Waals surface area contributed by atoms with Crippen molar-refractivity contribution in [3.63, 3.8) is 0 Å². The Hall–Kier alpha value is -3.75. The lowest BCUT2D eigenvalue weighted by molar-refractivity contribution is -0.384. The minimum Gasteiger partial charge on any atom is -0.368 e. The predicted octanol–water partition coefficient (Wildman–Crippen LogP) is 1.38. The van der Waals surface area contributed by atoms with Gasteiger partial charge >= 0.3 is 0 Å². The van der Waals surface area contributed by atoms with Gasteiger partial charge < -0.3 is 16.4 Å². The van der Waals surface area contributed by atoms with E-state index in [9.17, 15) is 24.5 Å². The van der Waals surface area contributed by atoms with Gasteiger partial charge in [-0.25, -0.2) is 0 Å². The highest BCUT2D eigenvalue weighted by atomic mass is 16.6. The van der Waals surface area contributed by atoms with Crippen molar-refractivity contribution < 1.29 is 19.3 Å². The maximum absolute atomic E-state index is 12.3. The number of non-ortho nitro benzene ring substituents is 1. The van der Waals surface area contributed by atoms with E-state index in [0.717, 1.165) is 0 Å². The van der Waals surface area contributed by atoms with Gasteiger partial charge in [-0.3, -0.25) is 24.5 Å². The van der Waals surface area contributed by atoms with Crippen LogP contribution < -0.4 is 16.4 Å². The van der Waals surface area contributed by atoms with Crippen molar-refractivity contribution in [3.8, 4) is 0 Å². The van der Waals surface area contributed by atoms with Crippen LogP contribution in [-0.2, 0) is 16.0 Å². The molecule has 0 heterocycles. The molecule has 0 saturated heterocycles. The molecule has 0 saturated carbocycles. The van der Waals surface area contributed by atoms with Gasteiger partial charge in [0.25, 0.3) is 11.6 Å². The van der Waals surface area contributed by atoms with Crippen LogP contribution in [0.1, 0.15) is 22.8 Å². The number of nitrogens with zero attached hydrogens (tertiary/aromatic N) is 1. The van der Waals surface area contributed by atoms with Crippen LogP contribution >= 0.6 is 0 Å². The predicted molar refractivity (Wildman–Crippen MR) is 98.0 cm³/mol. The molecule has 0 aliphatic carbocycles. The van der Waals surface area contributed by atoms with Crippen molar-refractivity contribution in [2.24, 2.45) is 5.73 Å². The van der Waals surface area contributed by atoms with Gasteiger partial charge in [0, 0.05) is 36.7 Å². The van der Waals surface area contributed by atoms with Crippen LogP contribution in [-0.4, -0.2) is 28.7 Å². The molecular formula is C18H18N4O5. The first-order valence-electron chi connectivity index (χ1n) is 7.97. The van der Waals surface area contributed by atoms with Gasteiger partial charge in [-0.2, -0.15) is 0 Å². The molecule has 0 aromatic heterocycles. The molecule has 2 rings (SSSR count). The van der Waals surface area contributed by atoms with E-state index in [2.05, 4.69) is 10.6 Å². The number of carbonyl (C=O) groups excluding carboxylic acids is 3. The lowest BCUT2D eigenvalue weighted by Crippen LogP contribution is -2.45. The van der Waals surface area contributed by atoms with Gasteiger partial charge in [0.05, 0.1) is 4.92 Å². The molecule has 9 heteroatoms. The van der Waals surface area contributed by atoms with Crippen LogP contribution in [0.5, 0.6) is 0 Å². The summed E-state index contributed by atoms with van der Waals surface area (Å²) in [5.74, 6) is -1.46. The third-order valence-corrected chi connectivity index (χ3v) is 3.70. The van der Waals surface area contributed by atoms with Gasteiger partial charge in [-0.15, -0.1) is 0 Å². The summed E-state index contributed by atoms with van der Waals surface area (Å²) in [6.07, 6.45) is 0.100. The van der Waals surface area contributed by atoms with E-state index in [4.69, 9.17) is 5.73 Å². The highest BCUT2D eigenvalue weighted by molar-refractivity contribution is 5.98. The number of nitro groups is 1. The SMILES string of the molecule is CC(=O)Nc1ccc(C(=O)N[C@H](Cc2ccc([N+](=O)[O-])cc2)C(N)=O)cc1. The van der Waals surface area contributed by atoms with Gasteiger partial charge in [0.1, 0.15) is 6.04 Å². The monoisotopic (exact) mass is 370 g/mol. The molecule has 140 valence electrons. The number of hydrogen-bond acceptors (Lipinski definition) is 5. The Labute approximate surface area is 154 Å². The summed E-state index contributed by atoms with van der Waals surface area (Å²) in [6, 6.07) is 10.8. The average molecular weight is 370 g/mol. The van der Waals surface area contributed by atoms with Crippen LogP contribution in [0, 0.1) is 10.1 Å². The first-order chi connectivity index (χ1) is 12.8. The lowest BCUT2D eigenvalue weighted by Gasteiger charge is -2.16. The van der Waals surface area contributed by atoms with Gasteiger partial charge in [0.2, 0.25) is 11.8 Å². The summed E-state index contributed by atoms with van der Waals surface area (Å²) >= 11 is 0. The first kappa shape index (κ1) is 19.6. The van der Waals surface area contributed by atoms with E-state index in [1.165, 1.54) is 43.3 Å². The first-order valence-corrected chi connectivity index (χ1v) is 7.97. The molecule has 1 atom stereocenters. The van der Waals surface area contributed by atoms with Crippen molar-refractivity contribution in [3.05, 3.63) is 69.8 Å². The molecule has 9 nitrogen and oxygen atoms in total. The maximum atomic E-state index is 12.3. The topological polar surface area (TPSA) is 144 Å². The van der Waals surface area contributed by atoms with E-state index in [-0.39, 0.29) is 18.0 Å². The number of amides is 3. The maximum Gasteiger partial charge on any atom is 0.269 e. The van der Waals surface area contributed by atoms with Crippen molar-refractivity contribution in [2.45, 2.75) is 19.4 Å². The number of rotatable bonds is 7.